The maximum atomic E-state index is 9.16. The molecule has 1 aliphatic heterocycles. The molecule has 0 aromatic carbocycles. The van der Waals surface area contributed by atoms with E-state index in [4.69, 9.17) is 14.6 Å². The van der Waals surface area contributed by atoms with E-state index in [1.807, 2.05) is 0 Å². The molecule has 64 valence electrons. The summed E-state index contributed by atoms with van der Waals surface area (Å²) in [5.74, 6) is 0. The molecule has 0 bridgehead atoms. The topological polar surface area (TPSA) is 47.9 Å². The minimum atomic E-state index is -0.549. The van der Waals surface area contributed by atoms with E-state index in [9.17, 15) is 0 Å². The molecule has 11 heavy (non-hydrogen) atoms. The van der Waals surface area contributed by atoms with Crippen LogP contribution >= 0.6 is 0 Å². The van der Waals surface area contributed by atoms with Crippen LogP contribution < -0.4 is 0 Å². The summed E-state index contributed by atoms with van der Waals surface area (Å²) >= 11 is 0. The highest BCUT2D eigenvalue weighted by Crippen LogP contribution is 2.09. The van der Waals surface area contributed by atoms with E-state index in [1.165, 1.54) is 6.26 Å². The highest BCUT2D eigenvalue weighted by atomic mass is 16.7. The first kappa shape index (κ1) is 8.52. The van der Waals surface area contributed by atoms with Gasteiger partial charge in [-0.3, -0.25) is 0 Å². The maximum absolute atomic E-state index is 9.16. The molecule has 0 aliphatic carbocycles. The monoisotopic (exact) mass is 160 g/mol. The number of rotatable bonds is 4. The molecular weight excluding hydrogens is 148 g/mol. The Morgan fingerprint density at radius 1 is 1.64 bits per heavy atom. The minimum Gasteiger partial charge on any atom is -0.493 e. The summed E-state index contributed by atoms with van der Waals surface area (Å²) < 4.78 is 14.6. The van der Waals surface area contributed by atoms with Crippen molar-refractivity contribution in [3.05, 3.63) is 12.3 Å². The molecular formula is C7H12O4. The van der Waals surface area contributed by atoms with E-state index >= 15 is 0 Å². The third-order valence-electron chi connectivity index (χ3n) is 1.39. The normalized spacial score (nSPS) is 28.9. The summed E-state index contributed by atoms with van der Waals surface area (Å²) in [6.45, 7) is 0.578. The molecule has 1 N–H and O–H groups in total. The maximum Gasteiger partial charge on any atom is 0.151 e. The molecule has 1 rings (SSSR count). The van der Waals surface area contributed by atoms with Crippen LogP contribution in [0.5, 0.6) is 0 Å². The first-order valence-corrected chi connectivity index (χ1v) is 3.41. The number of aliphatic hydroxyl groups is 1. The lowest BCUT2D eigenvalue weighted by atomic mass is 10.2. The molecule has 0 aromatic heterocycles. The second-order valence-corrected chi connectivity index (χ2v) is 2.27. The van der Waals surface area contributed by atoms with Crippen molar-refractivity contribution in [1.82, 2.24) is 0 Å². The second kappa shape index (κ2) is 4.33. The zero-order valence-corrected chi connectivity index (χ0v) is 6.40. The first-order valence-electron chi connectivity index (χ1n) is 3.41. The van der Waals surface area contributed by atoms with E-state index in [0.29, 0.717) is 6.61 Å². The number of aliphatic hydroxyl groups excluding tert-OH is 1. The van der Waals surface area contributed by atoms with Crippen LogP contribution in [-0.2, 0) is 14.2 Å². The Kier molecular flexibility index (Phi) is 3.35. The van der Waals surface area contributed by atoms with Gasteiger partial charge in [0.15, 0.2) is 6.10 Å². The van der Waals surface area contributed by atoms with E-state index in [2.05, 4.69) is 4.74 Å². The number of hydrogen-bond donors (Lipinski definition) is 1. The molecule has 1 heterocycles. The van der Waals surface area contributed by atoms with Gasteiger partial charge in [0.05, 0.1) is 12.9 Å². The SMILES string of the molecule is COCOC[C@H]1OC=C[C@@H]1O. The average molecular weight is 160 g/mol. The Bertz CT molecular complexity index is 134. The summed E-state index contributed by atoms with van der Waals surface area (Å²) in [6.07, 6.45) is 2.24. The molecule has 1 aliphatic rings. The summed E-state index contributed by atoms with van der Waals surface area (Å²) in [5, 5.41) is 9.16. The molecule has 0 saturated carbocycles. The van der Waals surface area contributed by atoms with Gasteiger partial charge in [-0.15, -0.1) is 0 Å². The van der Waals surface area contributed by atoms with Crippen LogP contribution in [0, 0.1) is 0 Å². The third kappa shape index (κ3) is 2.49. The Morgan fingerprint density at radius 3 is 3.00 bits per heavy atom. The van der Waals surface area contributed by atoms with Crippen LogP contribution in [-0.4, -0.2) is 37.8 Å². The fourth-order valence-corrected chi connectivity index (χ4v) is 0.817. The van der Waals surface area contributed by atoms with Crippen molar-refractivity contribution in [3.8, 4) is 0 Å². The molecule has 0 unspecified atom stereocenters. The molecule has 0 spiro atoms. The Hall–Kier alpha value is -0.580. The fourth-order valence-electron chi connectivity index (χ4n) is 0.817. The van der Waals surface area contributed by atoms with Crippen molar-refractivity contribution >= 4 is 0 Å². The highest BCUT2D eigenvalue weighted by Gasteiger charge is 2.21. The number of hydrogen-bond acceptors (Lipinski definition) is 4. The lowest BCUT2D eigenvalue weighted by Gasteiger charge is -2.13. The van der Waals surface area contributed by atoms with Gasteiger partial charge in [0.1, 0.15) is 12.9 Å². The molecule has 4 nitrogen and oxygen atoms in total. The lowest BCUT2D eigenvalue weighted by molar-refractivity contribution is -0.0764. The van der Waals surface area contributed by atoms with Crippen molar-refractivity contribution in [3.63, 3.8) is 0 Å². The quantitative estimate of drug-likeness (QED) is 0.460. The zero-order chi connectivity index (χ0) is 8.10. The van der Waals surface area contributed by atoms with Crippen LogP contribution in [0.4, 0.5) is 0 Å². The fraction of sp³-hybridized carbons (Fsp3) is 0.714. The van der Waals surface area contributed by atoms with E-state index in [-0.39, 0.29) is 12.9 Å². The van der Waals surface area contributed by atoms with Gasteiger partial charge in [-0.2, -0.15) is 0 Å². The van der Waals surface area contributed by atoms with E-state index in [0.717, 1.165) is 0 Å². The molecule has 0 saturated heterocycles. The first-order chi connectivity index (χ1) is 5.34. The van der Waals surface area contributed by atoms with E-state index in [1.54, 1.807) is 13.2 Å². The molecule has 2 atom stereocenters. The molecule has 4 heteroatoms. The predicted octanol–water partition coefficient (Wildman–Crippen LogP) is -0.120. The summed E-state index contributed by atoms with van der Waals surface area (Å²) in [7, 11) is 1.55. The van der Waals surface area contributed by atoms with Gasteiger partial charge < -0.3 is 19.3 Å². The molecule has 0 aromatic rings. The van der Waals surface area contributed by atoms with Gasteiger partial charge >= 0.3 is 0 Å². The molecule has 0 radical (unpaired) electrons. The van der Waals surface area contributed by atoms with Crippen LogP contribution in [0.15, 0.2) is 12.3 Å². The van der Waals surface area contributed by atoms with Crippen LogP contribution in [0.25, 0.3) is 0 Å². The Morgan fingerprint density at radius 2 is 2.45 bits per heavy atom. The smallest absolute Gasteiger partial charge is 0.151 e. The third-order valence-corrected chi connectivity index (χ3v) is 1.39. The number of ether oxygens (including phenoxy) is 3. The zero-order valence-electron chi connectivity index (χ0n) is 6.40. The Labute approximate surface area is 65.4 Å². The molecule has 0 fully saturated rings. The van der Waals surface area contributed by atoms with Gasteiger partial charge in [-0.25, -0.2) is 0 Å². The second-order valence-electron chi connectivity index (χ2n) is 2.27. The van der Waals surface area contributed by atoms with Gasteiger partial charge in [0.2, 0.25) is 0 Å². The summed E-state index contributed by atoms with van der Waals surface area (Å²) in [5.41, 5.74) is 0. The predicted molar refractivity (Wildman–Crippen MR) is 37.8 cm³/mol. The molecule has 0 amide bonds. The Balaban J connectivity index is 2.08. The van der Waals surface area contributed by atoms with E-state index < -0.39 is 6.10 Å². The van der Waals surface area contributed by atoms with Gasteiger partial charge in [-0.1, -0.05) is 0 Å². The van der Waals surface area contributed by atoms with Crippen LogP contribution in [0.2, 0.25) is 0 Å². The van der Waals surface area contributed by atoms with Crippen LogP contribution in [0.1, 0.15) is 0 Å². The van der Waals surface area contributed by atoms with Gasteiger partial charge in [0, 0.05) is 7.11 Å². The number of methoxy groups -OCH3 is 1. The van der Waals surface area contributed by atoms with Crippen molar-refractivity contribution in [2.75, 3.05) is 20.5 Å². The summed E-state index contributed by atoms with van der Waals surface area (Å²) in [4.78, 5) is 0. The van der Waals surface area contributed by atoms with Gasteiger partial charge in [0.25, 0.3) is 0 Å². The van der Waals surface area contributed by atoms with Crippen molar-refractivity contribution < 1.29 is 19.3 Å². The van der Waals surface area contributed by atoms with Crippen molar-refractivity contribution in [1.29, 1.82) is 0 Å². The van der Waals surface area contributed by atoms with Gasteiger partial charge in [-0.05, 0) is 6.08 Å². The lowest BCUT2D eigenvalue weighted by Crippen LogP contribution is -2.27. The average Bonchev–Trinajstić information content (AvgIpc) is 2.37. The minimum absolute atomic E-state index is 0.229. The largest absolute Gasteiger partial charge is 0.493 e. The standard InChI is InChI=1S/C7H12O4/c1-9-5-10-4-7-6(8)2-3-11-7/h2-3,6-8H,4-5H2,1H3/t6-,7+/m0/s1. The summed E-state index contributed by atoms with van der Waals surface area (Å²) in [6, 6.07) is 0. The highest BCUT2D eigenvalue weighted by molar-refractivity contribution is 4.95. The van der Waals surface area contributed by atoms with Crippen molar-refractivity contribution in [2.45, 2.75) is 12.2 Å². The van der Waals surface area contributed by atoms with Crippen molar-refractivity contribution in [2.24, 2.45) is 0 Å². The van der Waals surface area contributed by atoms with Crippen LogP contribution in [0.3, 0.4) is 0 Å².